The Bertz CT molecular complexity index is 1240. The van der Waals surface area contributed by atoms with Gasteiger partial charge in [0.05, 0.1) is 4.90 Å². The van der Waals surface area contributed by atoms with Crippen molar-refractivity contribution in [1.82, 2.24) is 9.88 Å². The summed E-state index contributed by atoms with van der Waals surface area (Å²) < 4.78 is 29.3. The molecule has 5 rings (SSSR count). The highest BCUT2D eigenvalue weighted by molar-refractivity contribution is 7.93. The minimum absolute atomic E-state index is 0.145. The molecule has 1 aromatic heterocycles. The van der Waals surface area contributed by atoms with Crippen molar-refractivity contribution in [1.29, 1.82) is 0 Å². The molecule has 0 bridgehead atoms. The van der Waals surface area contributed by atoms with E-state index in [2.05, 4.69) is 34.5 Å². The Labute approximate surface area is 197 Å². The number of fused-ring (bicyclic) bond motifs is 2. The molecule has 2 unspecified atom stereocenters. The molecule has 0 radical (unpaired) electrons. The van der Waals surface area contributed by atoms with Crippen LogP contribution in [0.25, 0.3) is 10.8 Å². The van der Waals surface area contributed by atoms with Crippen LogP contribution >= 0.6 is 0 Å². The van der Waals surface area contributed by atoms with Gasteiger partial charge in [0.25, 0.3) is 10.0 Å². The van der Waals surface area contributed by atoms with Gasteiger partial charge < -0.3 is 4.90 Å². The molecule has 2 aromatic carbocycles. The van der Waals surface area contributed by atoms with Crippen molar-refractivity contribution in [2.24, 2.45) is 11.8 Å². The van der Waals surface area contributed by atoms with Gasteiger partial charge in [0, 0.05) is 47.4 Å². The third kappa shape index (κ3) is 4.15. The average Bonchev–Trinajstić information content (AvgIpc) is 3.15. The molecule has 2 fully saturated rings. The van der Waals surface area contributed by atoms with Crippen molar-refractivity contribution >= 4 is 26.5 Å². The number of nitrogens with zero attached hydrogens (tertiary/aromatic N) is 2. The highest BCUT2D eigenvalue weighted by atomic mass is 32.2. The lowest BCUT2D eigenvalue weighted by Crippen LogP contribution is -2.30. The molecule has 0 amide bonds. The van der Waals surface area contributed by atoms with Crippen LogP contribution in [-0.4, -0.2) is 37.9 Å². The predicted octanol–water partition coefficient (Wildman–Crippen LogP) is 5.44. The van der Waals surface area contributed by atoms with Crippen LogP contribution in [0.2, 0.25) is 0 Å². The molecule has 1 saturated heterocycles. The Morgan fingerprint density at radius 3 is 2.64 bits per heavy atom. The first-order chi connectivity index (χ1) is 15.9. The fraction of sp³-hybridized carbons (Fsp3) is 0.444. The summed E-state index contributed by atoms with van der Waals surface area (Å²) in [4.78, 5) is 7.00. The lowest BCUT2D eigenvalue weighted by atomic mass is 9.92. The molecule has 6 heteroatoms. The zero-order valence-electron chi connectivity index (χ0n) is 19.5. The second kappa shape index (κ2) is 8.73. The first-order valence-electron chi connectivity index (χ1n) is 12.1. The van der Waals surface area contributed by atoms with Crippen molar-refractivity contribution in [2.75, 3.05) is 24.4 Å². The molecule has 3 aromatic rings. The third-order valence-electron chi connectivity index (χ3n) is 7.82. The standard InChI is InChI=1S/C27H33N3O2S/c1-3-4-5-6-15-30-18-24-25(19-30)27(24,2)21-10-8-11-22(16-21)29-33(31,32)26-12-7-9-20-17-28-14-13-23(20)26/h7-14,16-17,24-25,29H,3-6,15,18-19H2,1-2H3. The van der Waals surface area contributed by atoms with Crippen LogP contribution in [0, 0.1) is 11.8 Å². The Kier molecular flexibility index (Phi) is 5.91. The van der Waals surface area contributed by atoms with Gasteiger partial charge in [0.15, 0.2) is 0 Å². The highest BCUT2D eigenvalue weighted by Gasteiger charge is 2.65. The summed E-state index contributed by atoms with van der Waals surface area (Å²) >= 11 is 0. The normalized spacial score (nSPS) is 24.7. The van der Waals surface area contributed by atoms with Gasteiger partial charge in [-0.25, -0.2) is 8.42 Å². The summed E-state index contributed by atoms with van der Waals surface area (Å²) in [6.45, 7) is 8.14. The van der Waals surface area contributed by atoms with Gasteiger partial charge in [-0.05, 0) is 54.6 Å². The molecule has 1 N–H and O–H groups in total. The largest absolute Gasteiger partial charge is 0.303 e. The number of rotatable bonds is 9. The second-order valence-corrected chi connectivity index (χ2v) is 11.5. The SMILES string of the molecule is CCCCCCN1CC2C(C1)C2(C)c1cccc(NS(=O)(=O)c2cccc3cnccc23)c1. The number of unbranched alkanes of at least 4 members (excludes halogenated alkanes) is 3. The number of pyridine rings is 1. The first kappa shape index (κ1) is 22.4. The Morgan fingerprint density at radius 2 is 1.85 bits per heavy atom. The summed E-state index contributed by atoms with van der Waals surface area (Å²) in [6, 6.07) is 15.0. The van der Waals surface area contributed by atoms with Gasteiger partial charge in [-0.15, -0.1) is 0 Å². The lowest BCUT2D eigenvalue weighted by Gasteiger charge is -2.25. The molecular weight excluding hydrogens is 430 g/mol. The van der Waals surface area contributed by atoms with Crippen LogP contribution in [0.3, 0.4) is 0 Å². The molecule has 33 heavy (non-hydrogen) atoms. The van der Waals surface area contributed by atoms with Gasteiger partial charge in [0.1, 0.15) is 0 Å². The van der Waals surface area contributed by atoms with E-state index in [4.69, 9.17) is 0 Å². The third-order valence-corrected chi connectivity index (χ3v) is 9.26. The average molecular weight is 464 g/mol. The van der Waals surface area contributed by atoms with Gasteiger partial charge in [0.2, 0.25) is 0 Å². The number of sulfonamides is 1. The number of hydrogen-bond acceptors (Lipinski definition) is 4. The van der Waals surface area contributed by atoms with Gasteiger partial charge in [-0.2, -0.15) is 0 Å². The van der Waals surface area contributed by atoms with Crippen LogP contribution in [0.15, 0.2) is 65.8 Å². The summed E-state index contributed by atoms with van der Waals surface area (Å²) in [6.07, 6.45) is 8.55. The van der Waals surface area contributed by atoms with E-state index < -0.39 is 10.0 Å². The Balaban J connectivity index is 1.30. The van der Waals surface area contributed by atoms with Crippen LogP contribution in [0.1, 0.15) is 45.1 Å². The zero-order valence-corrected chi connectivity index (χ0v) is 20.3. The van der Waals surface area contributed by atoms with Crippen LogP contribution in [-0.2, 0) is 15.4 Å². The molecule has 1 aliphatic heterocycles. The number of aromatic nitrogens is 1. The number of hydrogen-bond donors (Lipinski definition) is 1. The number of benzene rings is 2. The number of likely N-dealkylation sites (tertiary alicyclic amines) is 1. The first-order valence-corrected chi connectivity index (χ1v) is 13.6. The number of piperidine rings is 1. The quantitative estimate of drug-likeness (QED) is 0.430. The topological polar surface area (TPSA) is 62.3 Å². The fourth-order valence-corrected chi connectivity index (χ4v) is 7.07. The van der Waals surface area contributed by atoms with Crippen molar-refractivity contribution < 1.29 is 8.42 Å². The van der Waals surface area contributed by atoms with E-state index in [0.717, 1.165) is 18.5 Å². The van der Waals surface area contributed by atoms with E-state index in [9.17, 15) is 8.42 Å². The Morgan fingerprint density at radius 1 is 1.06 bits per heavy atom. The predicted molar refractivity (Wildman–Crippen MR) is 134 cm³/mol. The molecule has 1 aliphatic carbocycles. The van der Waals surface area contributed by atoms with Gasteiger partial charge >= 0.3 is 0 Å². The van der Waals surface area contributed by atoms with Crippen molar-refractivity contribution in [3.8, 4) is 0 Å². The maximum atomic E-state index is 13.2. The number of anilines is 1. The summed E-state index contributed by atoms with van der Waals surface area (Å²) in [5, 5.41) is 1.49. The van der Waals surface area contributed by atoms with E-state index >= 15 is 0 Å². The molecule has 1 saturated carbocycles. The summed E-state index contributed by atoms with van der Waals surface area (Å²) in [5.41, 5.74) is 2.01. The highest BCUT2D eigenvalue weighted by Crippen LogP contribution is 2.63. The monoisotopic (exact) mass is 463 g/mol. The van der Waals surface area contributed by atoms with E-state index in [1.807, 2.05) is 24.3 Å². The molecule has 174 valence electrons. The molecule has 2 aliphatic rings. The lowest BCUT2D eigenvalue weighted by molar-refractivity contribution is 0.271. The van der Waals surface area contributed by atoms with Crippen molar-refractivity contribution in [2.45, 2.75) is 49.8 Å². The summed E-state index contributed by atoms with van der Waals surface area (Å²) in [7, 11) is -3.71. The van der Waals surface area contributed by atoms with Crippen molar-refractivity contribution in [3.05, 3.63) is 66.5 Å². The minimum Gasteiger partial charge on any atom is -0.303 e. The molecular formula is C27H33N3O2S. The maximum Gasteiger partial charge on any atom is 0.262 e. The van der Waals surface area contributed by atoms with Gasteiger partial charge in [-0.3, -0.25) is 9.71 Å². The summed E-state index contributed by atoms with van der Waals surface area (Å²) in [5.74, 6) is 1.34. The number of nitrogens with one attached hydrogen (secondary N) is 1. The van der Waals surface area contributed by atoms with E-state index in [1.54, 1.807) is 30.6 Å². The molecule has 0 spiro atoms. The zero-order chi connectivity index (χ0) is 23.1. The van der Waals surface area contributed by atoms with Crippen molar-refractivity contribution in [3.63, 3.8) is 0 Å². The van der Waals surface area contributed by atoms with E-state index in [1.165, 1.54) is 37.8 Å². The smallest absolute Gasteiger partial charge is 0.262 e. The van der Waals surface area contributed by atoms with E-state index in [-0.39, 0.29) is 10.3 Å². The van der Waals surface area contributed by atoms with Gasteiger partial charge in [-0.1, -0.05) is 57.4 Å². The molecule has 5 nitrogen and oxygen atoms in total. The second-order valence-electron chi connectivity index (χ2n) is 9.86. The molecule has 2 atom stereocenters. The van der Waals surface area contributed by atoms with Crippen LogP contribution < -0.4 is 4.72 Å². The van der Waals surface area contributed by atoms with E-state index in [0.29, 0.717) is 22.9 Å². The minimum atomic E-state index is -3.71. The van der Waals surface area contributed by atoms with Crippen LogP contribution in [0.4, 0.5) is 5.69 Å². The van der Waals surface area contributed by atoms with Crippen LogP contribution in [0.5, 0.6) is 0 Å². The molecule has 2 heterocycles. The fourth-order valence-electron chi connectivity index (χ4n) is 5.79. The maximum absolute atomic E-state index is 13.2. The Hall–Kier alpha value is -2.44.